The first-order chi connectivity index (χ1) is 11.1. The molecule has 1 heterocycles. The molecule has 0 unspecified atom stereocenters. The lowest BCUT2D eigenvalue weighted by molar-refractivity contribution is -0.121. The van der Waals surface area contributed by atoms with Crippen LogP contribution in [0.25, 0.3) is 0 Å². The zero-order valence-corrected chi connectivity index (χ0v) is 14.2. The van der Waals surface area contributed by atoms with Gasteiger partial charge in [-0.15, -0.1) is 11.3 Å². The molecule has 2 rings (SSSR count). The van der Waals surface area contributed by atoms with Crippen LogP contribution in [0, 0.1) is 0 Å². The minimum absolute atomic E-state index is 0.140. The first-order valence-electron chi connectivity index (χ1n) is 7.74. The van der Waals surface area contributed by atoms with Crippen LogP contribution >= 0.6 is 11.3 Å². The molecule has 2 aromatic rings. The molecule has 0 radical (unpaired) electrons. The standard InChI is InChI=1S/C17H21N3O2S/c1-3-12-6-5-7-13(4-2)16(12)19-14(21)8-9-15(22)20-17-18-10-11-23-17/h5-7,10-11H,3-4,8-9H2,1-2H3,(H,19,21)(H,18,20,22). The second-order valence-electron chi connectivity index (χ2n) is 5.09. The van der Waals surface area contributed by atoms with Crippen molar-refractivity contribution < 1.29 is 9.59 Å². The topological polar surface area (TPSA) is 71.1 Å². The van der Waals surface area contributed by atoms with Gasteiger partial charge in [-0.05, 0) is 24.0 Å². The average molecular weight is 331 g/mol. The van der Waals surface area contributed by atoms with E-state index in [2.05, 4.69) is 29.5 Å². The van der Waals surface area contributed by atoms with Gasteiger partial charge < -0.3 is 10.6 Å². The van der Waals surface area contributed by atoms with E-state index in [1.165, 1.54) is 11.3 Å². The fourth-order valence-electron chi connectivity index (χ4n) is 2.30. The molecule has 0 atom stereocenters. The van der Waals surface area contributed by atoms with Gasteiger partial charge in [-0.1, -0.05) is 32.0 Å². The number of nitrogens with zero attached hydrogens (tertiary/aromatic N) is 1. The number of benzene rings is 1. The summed E-state index contributed by atoms with van der Waals surface area (Å²) in [6, 6.07) is 6.04. The van der Waals surface area contributed by atoms with Crippen LogP contribution in [-0.2, 0) is 22.4 Å². The summed E-state index contributed by atoms with van der Waals surface area (Å²) >= 11 is 1.35. The number of rotatable bonds is 7. The minimum Gasteiger partial charge on any atom is -0.326 e. The molecule has 0 bridgehead atoms. The molecule has 0 aliphatic carbocycles. The van der Waals surface area contributed by atoms with E-state index >= 15 is 0 Å². The fourth-order valence-corrected chi connectivity index (χ4v) is 2.84. The van der Waals surface area contributed by atoms with Gasteiger partial charge in [-0.2, -0.15) is 0 Å². The molecule has 0 saturated carbocycles. The van der Waals surface area contributed by atoms with E-state index < -0.39 is 0 Å². The number of para-hydroxylation sites is 1. The Morgan fingerprint density at radius 1 is 1.04 bits per heavy atom. The van der Waals surface area contributed by atoms with Crippen molar-refractivity contribution in [1.29, 1.82) is 0 Å². The van der Waals surface area contributed by atoms with Crippen molar-refractivity contribution in [3.63, 3.8) is 0 Å². The molecule has 1 aromatic heterocycles. The Balaban J connectivity index is 1.91. The van der Waals surface area contributed by atoms with Crippen LogP contribution < -0.4 is 10.6 Å². The molecule has 2 amide bonds. The Hall–Kier alpha value is -2.21. The van der Waals surface area contributed by atoms with E-state index in [1.54, 1.807) is 11.6 Å². The monoisotopic (exact) mass is 331 g/mol. The van der Waals surface area contributed by atoms with Gasteiger partial charge in [0.05, 0.1) is 0 Å². The molecule has 5 nitrogen and oxygen atoms in total. The highest BCUT2D eigenvalue weighted by molar-refractivity contribution is 7.13. The number of thiazole rings is 1. The van der Waals surface area contributed by atoms with E-state index in [0.717, 1.165) is 29.7 Å². The molecule has 0 spiro atoms. The lowest BCUT2D eigenvalue weighted by Crippen LogP contribution is -2.18. The lowest BCUT2D eigenvalue weighted by atomic mass is 10.0. The quantitative estimate of drug-likeness (QED) is 0.814. The van der Waals surface area contributed by atoms with Crippen molar-refractivity contribution in [2.45, 2.75) is 39.5 Å². The molecule has 1 aromatic carbocycles. The number of hydrogen-bond acceptors (Lipinski definition) is 4. The molecule has 0 fully saturated rings. The maximum Gasteiger partial charge on any atom is 0.226 e. The summed E-state index contributed by atoms with van der Waals surface area (Å²) < 4.78 is 0. The van der Waals surface area contributed by atoms with Gasteiger partial charge in [0.15, 0.2) is 5.13 Å². The molecule has 23 heavy (non-hydrogen) atoms. The SMILES string of the molecule is CCc1cccc(CC)c1NC(=O)CCC(=O)Nc1nccs1. The molecule has 2 N–H and O–H groups in total. The number of nitrogens with one attached hydrogen (secondary N) is 2. The van der Waals surface area contributed by atoms with Crippen molar-refractivity contribution in [1.82, 2.24) is 4.98 Å². The summed E-state index contributed by atoms with van der Waals surface area (Å²) in [5.41, 5.74) is 3.12. The highest BCUT2D eigenvalue weighted by Gasteiger charge is 2.12. The highest BCUT2D eigenvalue weighted by Crippen LogP contribution is 2.23. The van der Waals surface area contributed by atoms with Crippen molar-refractivity contribution in [2.75, 3.05) is 10.6 Å². The number of carbonyl (C=O) groups is 2. The second kappa shape index (κ2) is 8.43. The van der Waals surface area contributed by atoms with Crippen LogP contribution in [0.3, 0.4) is 0 Å². The molecule has 0 saturated heterocycles. The van der Waals surface area contributed by atoms with Gasteiger partial charge in [-0.3, -0.25) is 9.59 Å². The molecular formula is C17H21N3O2S. The summed E-state index contributed by atoms with van der Waals surface area (Å²) in [5.74, 6) is -0.343. The van der Waals surface area contributed by atoms with Gasteiger partial charge in [0.1, 0.15) is 0 Å². The molecule has 0 aliphatic rings. The van der Waals surface area contributed by atoms with Gasteiger partial charge in [0, 0.05) is 30.1 Å². The van der Waals surface area contributed by atoms with Crippen molar-refractivity contribution in [3.8, 4) is 0 Å². The first-order valence-corrected chi connectivity index (χ1v) is 8.62. The zero-order valence-electron chi connectivity index (χ0n) is 13.4. The van der Waals surface area contributed by atoms with E-state index in [4.69, 9.17) is 0 Å². The minimum atomic E-state index is -0.199. The van der Waals surface area contributed by atoms with E-state index in [0.29, 0.717) is 5.13 Å². The van der Waals surface area contributed by atoms with Crippen LogP contribution in [0.1, 0.15) is 37.8 Å². The van der Waals surface area contributed by atoms with Crippen molar-refractivity contribution in [3.05, 3.63) is 40.9 Å². The van der Waals surface area contributed by atoms with Gasteiger partial charge in [-0.25, -0.2) is 4.98 Å². The first kappa shape index (κ1) is 17.1. The normalized spacial score (nSPS) is 10.3. The van der Waals surface area contributed by atoms with Crippen molar-refractivity contribution >= 4 is 34.0 Å². The summed E-state index contributed by atoms with van der Waals surface area (Å²) in [6.45, 7) is 4.12. The number of hydrogen-bond donors (Lipinski definition) is 2. The van der Waals surface area contributed by atoms with Gasteiger partial charge >= 0.3 is 0 Å². The van der Waals surface area contributed by atoms with Crippen LogP contribution in [0.5, 0.6) is 0 Å². The number of amides is 2. The maximum absolute atomic E-state index is 12.2. The van der Waals surface area contributed by atoms with Gasteiger partial charge in [0.25, 0.3) is 0 Å². The maximum atomic E-state index is 12.2. The fraction of sp³-hybridized carbons (Fsp3) is 0.353. The third-order valence-electron chi connectivity index (χ3n) is 3.52. The predicted molar refractivity (Wildman–Crippen MR) is 93.8 cm³/mol. The Bertz CT molecular complexity index is 646. The van der Waals surface area contributed by atoms with E-state index in [-0.39, 0.29) is 24.7 Å². The highest BCUT2D eigenvalue weighted by atomic mass is 32.1. The smallest absolute Gasteiger partial charge is 0.226 e. The van der Waals surface area contributed by atoms with E-state index in [9.17, 15) is 9.59 Å². The summed E-state index contributed by atoms with van der Waals surface area (Å²) in [4.78, 5) is 27.9. The summed E-state index contributed by atoms with van der Waals surface area (Å²) in [5, 5.41) is 7.98. The van der Waals surface area contributed by atoms with Gasteiger partial charge in [0.2, 0.25) is 11.8 Å². The summed E-state index contributed by atoms with van der Waals surface area (Å²) in [6.07, 6.45) is 3.63. The number of anilines is 2. The second-order valence-corrected chi connectivity index (χ2v) is 5.99. The van der Waals surface area contributed by atoms with Crippen molar-refractivity contribution in [2.24, 2.45) is 0 Å². The predicted octanol–water partition coefficient (Wildman–Crippen LogP) is 3.63. The zero-order chi connectivity index (χ0) is 16.7. The van der Waals surface area contributed by atoms with Crippen LogP contribution in [-0.4, -0.2) is 16.8 Å². The number of carbonyl (C=O) groups excluding carboxylic acids is 2. The largest absolute Gasteiger partial charge is 0.326 e. The average Bonchev–Trinajstić information content (AvgIpc) is 3.06. The molecular weight excluding hydrogens is 310 g/mol. The van der Waals surface area contributed by atoms with Crippen LogP contribution in [0.15, 0.2) is 29.8 Å². The van der Waals surface area contributed by atoms with Crippen LogP contribution in [0.2, 0.25) is 0 Å². The van der Waals surface area contributed by atoms with Crippen LogP contribution in [0.4, 0.5) is 10.8 Å². The number of aromatic nitrogens is 1. The lowest BCUT2D eigenvalue weighted by Gasteiger charge is -2.14. The molecule has 122 valence electrons. The third-order valence-corrected chi connectivity index (χ3v) is 4.21. The Kier molecular flexibility index (Phi) is 6.29. The molecule has 6 heteroatoms. The third kappa shape index (κ3) is 4.89. The summed E-state index contributed by atoms with van der Waals surface area (Å²) in [7, 11) is 0. The molecule has 0 aliphatic heterocycles. The Morgan fingerprint density at radius 2 is 1.65 bits per heavy atom. The number of aryl methyl sites for hydroxylation is 2. The Labute approximate surface area is 140 Å². The Morgan fingerprint density at radius 3 is 2.17 bits per heavy atom. The van der Waals surface area contributed by atoms with E-state index in [1.807, 2.05) is 18.2 Å².